The van der Waals surface area contributed by atoms with Crippen molar-refractivity contribution < 1.29 is 9.90 Å². The van der Waals surface area contributed by atoms with Gasteiger partial charge in [0, 0.05) is 24.7 Å². The quantitative estimate of drug-likeness (QED) is 0.787. The molecule has 1 fully saturated rings. The lowest BCUT2D eigenvalue weighted by atomic mass is 9.86. The Morgan fingerprint density at radius 2 is 1.96 bits per heavy atom. The molecule has 1 saturated carbocycles. The molecular formula is C19H20N4O2. The maximum atomic E-state index is 11.5. The van der Waals surface area contributed by atoms with Crippen LogP contribution in [0.3, 0.4) is 0 Å². The summed E-state index contributed by atoms with van der Waals surface area (Å²) in [5.74, 6) is -0.0888. The Bertz CT molecular complexity index is 942. The van der Waals surface area contributed by atoms with Crippen molar-refractivity contribution in [1.82, 2.24) is 19.7 Å². The van der Waals surface area contributed by atoms with Gasteiger partial charge in [-0.1, -0.05) is 37.5 Å². The van der Waals surface area contributed by atoms with Crippen molar-refractivity contribution in [1.29, 1.82) is 0 Å². The van der Waals surface area contributed by atoms with Gasteiger partial charge in [0.25, 0.3) is 0 Å². The molecule has 1 N–H and O–H groups in total. The normalized spacial score (nSPS) is 15.6. The van der Waals surface area contributed by atoms with Crippen LogP contribution in [0.5, 0.6) is 0 Å². The number of rotatable bonds is 3. The maximum Gasteiger partial charge on any atom is 0.336 e. The van der Waals surface area contributed by atoms with E-state index in [-0.39, 0.29) is 5.56 Å². The number of aryl methyl sites for hydroxylation is 1. The fourth-order valence-corrected chi connectivity index (χ4v) is 3.73. The van der Waals surface area contributed by atoms with Crippen molar-refractivity contribution >= 4 is 17.0 Å². The molecule has 1 aromatic carbocycles. The number of benzene rings is 1. The van der Waals surface area contributed by atoms with Crippen molar-refractivity contribution in [3.05, 3.63) is 41.7 Å². The minimum Gasteiger partial charge on any atom is -0.478 e. The Morgan fingerprint density at radius 3 is 2.72 bits per heavy atom. The van der Waals surface area contributed by atoms with Crippen LogP contribution in [-0.2, 0) is 7.05 Å². The minimum atomic E-state index is -0.979. The van der Waals surface area contributed by atoms with Crippen LogP contribution in [0.15, 0.2) is 30.5 Å². The Hall–Kier alpha value is -2.76. The van der Waals surface area contributed by atoms with Crippen LogP contribution >= 0.6 is 0 Å². The summed E-state index contributed by atoms with van der Waals surface area (Å²) >= 11 is 0. The smallest absolute Gasteiger partial charge is 0.336 e. The van der Waals surface area contributed by atoms with E-state index in [1.54, 1.807) is 35.1 Å². The van der Waals surface area contributed by atoms with Crippen molar-refractivity contribution in [3.8, 4) is 11.4 Å². The monoisotopic (exact) mass is 336 g/mol. The molecule has 2 aromatic heterocycles. The number of aromatic nitrogens is 4. The molecule has 0 unspecified atom stereocenters. The summed E-state index contributed by atoms with van der Waals surface area (Å²) in [4.78, 5) is 20.6. The van der Waals surface area contributed by atoms with Gasteiger partial charge in [-0.05, 0) is 18.9 Å². The van der Waals surface area contributed by atoms with Crippen LogP contribution in [0.1, 0.15) is 54.1 Å². The fraction of sp³-hybridized carbons (Fsp3) is 0.368. The van der Waals surface area contributed by atoms with Crippen molar-refractivity contribution in [2.45, 2.75) is 38.0 Å². The molecule has 3 aromatic rings. The lowest BCUT2D eigenvalue weighted by molar-refractivity contribution is 0.0697. The Balaban J connectivity index is 1.82. The van der Waals surface area contributed by atoms with E-state index in [4.69, 9.17) is 5.10 Å². The largest absolute Gasteiger partial charge is 0.478 e. The zero-order chi connectivity index (χ0) is 17.4. The zero-order valence-electron chi connectivity index (χ0n) is 14.1. The van der Waals surface area contributed by atoms with Gasteiger partial charge in [-0.2, -0.15) is 5.10 Å². The predicted molar refractivity (Wildman–Crippen MR) is 94.5 cm³/mol. The molecule has 4 rings (SSSR count). The molecule has 6 nitrogen and oxygen atoms in total. The van der Waals surface area contributed by atoms with E-state index in [2.05, 4.69) is 9.97 Å². The van der Waals surface area contributed by atoms with Gasteiger partial charge in [0.15, 0.2) is 11.5 Å². The summed E-state index contributed by atoms with van der Waals surface area (Å²) in [7, 11) is 1.88. The molecule has 128 valence electrons. The van der Waals surface area contributed by atoms with E-state index in [0.29, 0.717) is 17.3 Å². The number of fused-ring (bicyclic) bond motifs is 1. The van der Waals surface area contributed by atoms with Gasteiger partial charge in [0.2, 0.25) is 0 Å². The van der Waals surface area contributed by atoms with E-state index in [9.17, 15) is 9.90 Å². The van der Waals surface area contributed by atoms with Crippen LogP contribution in [-0.4, -0.2) is 30.8 Å². The first-order valence-corrected chi connectivity index (χ1v) is 8.67. The van der Waals surface area contributed by atoms with Crippen LogP contribution < -0.4 is 0 Å². The zero-order valence-corrected chi connectivity index (χ0v) is 14.1. The first-order valence-electron chi connectivity index (χ1n) is 8.67. The van der Waals surface area contributed by atoms with E-state index in [1.165, 1.54) is 19.3 Å². The molecule has 0 saturated heterocycles. The van der Waals surface area contributed by atoms with Gasteiger partial charge >= 0.3 is 5.97 Å². The van der Waals surface area contributed by atoms with Crippen LogP contribution in [0.2, 0.25) is 0 Å². The Kier molecular flexibility index (Phi) is 3.95. The molecule has 6 heteroatoms. The molecule has 0 atom stereocenters. The third kappa shape index (κ3) is 2.77. The average molecular weight is 336 g/mol. The van der Waals surface area contributed by atoms with Crippen LogP contribution in [0.4, 0.5) is 0 Å². The molecule has 0 aliphatic heterocycles. The standard InChI is InChI=1S/C19H20N4O2/c1-23-18-15(16(22-23)12-7-3-2-4-8-12)11-20-17(21-18)13-9-5-6-10-14(13)19(24)25/h5-6,9-12H,2-4,7-8H2,1H3,(H,24,25). The summed E-state index contributed by atoms with van der Waals surface area (Å²) in [5.41, 5.74) is 2.56. The van der Waals surface area contributed by atoms with Gasteiger partial charge in [-0.15, -0.1) is 0 Å². The topological polar surface area (TPSA) is 80.9 Å². The first kappa shape index (κ1) is 15.7. The molecule has 0 bridgehead atoms. The second-order valence-corrected chi connectivity index (χ2v) is 6.63. The van der Waals surface area contributed by atoms with Crippen molar-refractivity contribution in [2.24, 2.45) is 7.05 Å². The van der Waals surface area contributed by atoms with Crippen molar-refractivity contribution in [2.75, 3.05) is 0 Å². The van der Waals surface area contributed by atoms with E-state index in [0.717, 1.165) is 29.6 Å². The van der Waals surface area contributed by atoms with Crippen LogP contribution in [0, 0.1) is 0 Å². The predicted octanol–water partition coefficient (Wildman–Crippen LogP) is 3.78. The highest BCUT2D eigenvalue weighted by Gasteiger charge is 2.23. The van der Waals surface area contributed by atoms with Crippen molar-refractivity contribution in [3.63, 3.8) is 0 Å². The Labute approximate surface area is 145 Å². The SMILES string of the molecule is Cn1nc(C2CCCCC2)c2cnc(-c3ccccc3C(=O)O)nc21. The van der Waals surface area contributed by atoms with Gasteiger partial charge in [-0.25, -0.2) is 14.8 Å². The number of nitrogens with zero attached hydrogens (tertiary/aromatic N) is 4. The van der Waals surface area contributed by atoms with Gasteiger partial charge < -0.3 is 5.11 Å². The Morgan fingerprint density at radius 1 is 1.20 bits per heavy atom. The maximum absolute atomic E-state index is 11.5. The summed E-state index contributed by atoms with van der Waals surface area (Å²) < 4.78 is 1.79. The molecule has 0 spiro atoms. The second kappa shape index (κ2) is 6.27. The lowest BCUT2D eigenvalue weighted by Crippen LogP contribution is -2.06. The van der Waals surface area contributed by atoms with Gasteiger partial charge in [0.1, 0.15) is 0 Å². The van der Waals surface area contributed by atoms with E-state index in [1.807, 2.05) is 7.05 Å². The van der Waals surface area contributed by atoms with Crippen LogP contribution in [0.25, 0.3) is 22.4 Å². The molecular weight excluding hydrogens is 316 g/mol. The fourth-order valence-electron chi connectivity index (χ4n) is 3.73. The summed E-state index contributed by atoms with van der Waals surface area (Å²) in [5, 5.41) is 15.1. The second-order valence-electron chi connectivity index (χ2n) is 6.63. The first-order chi connectivity index (χ1) is 12.1. The highest BCUT2D eigenvalue weighted by molar-refractivity contribution is 5.95. The molecule has 1 aliphatic rings. The molecule has 1 aliphatic carbocycles. The van der Waals surface area contributed by atoms with Gasteiger partial charge in [0.05, 0.1) is 16.6 Å². The number of hydrogen-bond donors (Lipinski definition) is 1. The number of carbonyl (C=O) groups is 1. The summed E-state index contributed by atoms with van der Waals surface area (Å²) in [6.45, 7) is 0. The molecule has 2 heterocycles. The highest BCUT2D eigenvalue weighted by atomic mass is 16.4. The number of carboxylic acid groups (broad SMARTS) is 1. The highest BCUT2D eigenvalue weighted by Crippen LogP contribution is 2.35. The average Bonchev–Trinajstić information content (AvgIpc) is 2.98. The van der Waals surface area contributed by atoms with E-state index < -0.39 is 5.97 Å². The minimum absolute atomic E-state index is 0.205. The molecule has 0 radical (unpaired) electrons. The third-order valence-corrected chi connectivity index (χ3v) is 5.00. The summed E-state index contributed by atoms with van der Waals surface area (Å²) in [6, 6.07) is 6.81. The lowest BCUT2D eigenvalue weighted by Gasteiger charge is -2.19. The number of hydrogen-bond acceptors (Lipinski definition) is 4. The number of carboxylic acids is 1. The van der Waals surface area contributed by atoms with Gasteiger partial charge in [-0.3, -0.25) is 4.68 Å². The third-order valence-electron chi connectivity index (χ3n) is 5.00. The summed E-state index contributed by atoms with van der Waals surface area (Å²) in [6.07, 6.45) is 7.91. The van der Waals surface area contributed by atoms with E-state index >= 15 is 0 Å². The molecule has 0 amide bonds. The number of aromatic carboxylic acids is 1. The molecule has 25 heavy (non-hydrogen) atoms.